The summed E-state index contributed by atoms with van der Waals surface area (Å²) >= 11 is 0. The van der Waals surface area contributed by atoms with Crippen LogP contribution in [-0.4, -0.2) is 68.0 Å². The second kappa shape index (κ2) is 10.6. The van der Waals surface area contributed by atoms with Gasteiger partial charge in [0.05, 0.1) is 24.6 Å². The summed E-state index contributed by atoms with van der Waals surface area (Å²) in [5.41, 5.74) is 1.89. The van der Waals surface area contributed by atoms with Gasteiger partial charge >= 0.3 is 0 Å². The van der Waals surface area contributed by atoms with E-state index < -0.39 is 18.8 Å². The number of nitrogens with zero attached hydrogens (tertiary/aromatic N) is 5. The second-order valence-electron chi connectivity index (χ2n) is 10.7. The minimum Gasteiger partial charge on any atom is -0.480 e. The number of aromatic amines is 1. The number of methoxy groups -OCH3 is 1. The van der Waals surface area contributed by atoms with Crippen molar-refractivity contribution in [3.8, 4) is 17.0 Å². The number of alkyl halides is 2. The predicted octanol–water partition coefficient (Wildman–Crippen LogP) is 5.29. The maximum absolute atomic E-state index is 15.1. The van der Waals surface area contributed by atoms with E-state index >= 15 is 4.39 Å². The molecule has 2 N–H and O–H groups in total. The first-order valence-corrected chi connectivity index (χ1v) is 13.8. The van der Waals surface area contributed by atoms with Crippen molar-refractivity contribution in [2.75, 3.05) is 25.5 Å². The molecule has 1 saturated heterocycles. The normalized spacial score (nSPS) is 19.7. The molecule has 212 valence electrons. The lowest BCUT2D eigenvalue weighted by atomic mass is 9.85. The summed E-state index contributed by atoms with van der Waals surface area (Å²) in [6.45, 7) is 2.76. The number of H-pyrrole nitrogens is 1. The molecule has 0 spiro atoms. The number of rotatable bonds is 7. The predicted molar refractivity (Wildman–Crippen MR) is 145 cm³/mol. The van der Waals surface area contributed by atoms with Gasteiger partial charge < -0.3 is 24.5 Å². The number of benzene rings is 1. The van der Waals surface area contributed by atoms with E-state index in [0.717, 1.165) is 51.6 Å². The number of ether oxygens (including phenoxy) is 1. The van der Waals surface area contributed by atoms with Crippen molar-refractivity contribution >= 4 is 33.9 Å². The number of imidazole rings is 1. The van der Waals surface area contributed by atoms with Gasteiger partial charge in [0.15, 0.2) is 5.82 Å². The van der Waals surface area contributed by atoms with Crippen molar-refractivity contribution in [1.82, 2.24) is 29.4 Å². The van der Waals surface area contributed by atoms with Crippen LogP contribution in [0.1, 0.15) is 44.3 Å². The molecule has 40 heavy (non-hydrogen) atoms. The van der Waals surface area contributed by atoms with Crippen LogP contribution in [0.5, 0.6) is 5.88 Å². The quantitative estimate of drug-likeness (QED) is 0.322. The molecular weight excluding hydrogens is 523 g/mol. The van der Waals surface area contributed by atoms with Crippen molar-refractivity contribution in [2.45, 2.75) is 64.5 Å². The molecule has 1 aliphatic heterocycles. The Morgan fingerprint density at radius 3 is 2.60 bits per heavy atom. The van der Waals surface area contributed by atoms with E-state index in [1.807, 2.05) is 4.90 Å². The lowest BCUT2D eigenvalue weighted by Gasteiger charge is -2.30. The first-order chi connectivity index (χ1) is 19.3. The average molecular weight is 556 g/mol. The smallest absolute Gasteiger partial charge is 0.256 e. The highest BCUT2D eigenvalue weighted by molar-refractivity contribution is 5.99. The molecule has 0 bridgehead atoms. The van der Waals surface area contributed by atoms with Crippen molar-refractivity contribution in [3.63, 3.8) is 0 Å². The van der Waals surface area contributed by atoms with Gasteiger partial charge in [-0.3, -0.25) is 4.79 Å². The summed E-state index contributed by atoms with van der Waals surface area (Å²) in [6.07, 6.45) is 4.61. The van der Waals surface area contributed by atoms with Gasteiger partial charge in [-0.25, -0.2) is 18.2 Å². The molecule has 1 amide bonds. The minimum atomic E-state index is -2.60. The fraction of sp³-hybridized carbons (Fsp3) is 0.500. The Morgan fingerprint density at radius 1 is 1.15 bits per heavy atom. The van der Waals surface area contributed by atoms with Crippen LogP contribution in [0.3, 0.4) is 0 Å². The van der Waals surface area contributed by atoms with Gasteiger partial charge in [-0.1, -0.05) is 0 Å². The maximum Gasteiger partial charge on any atom is 0.256 e. The number of amides is 1. The summed E-state index contributed by atoms with van der Waals surface area (Å²) in [5, 5.41) is 3.96. The summed E-state index contributed by atoms with van der Waals surface area (Å²) in [4.78, 5) is 31.3. The van der Waals surface area contributed by atoms with Crippen LogP contribution in [0.15, 0.2) is 18.3 Å². The summed E-state index contributed by atoms with van der Waals surface area (Å²) in [7, 11) is 1.50. The van der Waals surface area contributed by atoms with Gasteiger partial charge in [-0.05, 0) is 63.1 Å². The molecule has 2 fully saturated rings. The molecule has 4 heterocycles. The van der Waals surface area contributed by atoms with Crippen LogP contribution < -0.4 is 10.1 Å². The molecule has 6 rings (SSSR count). The molecule has 0 atom stereocenters. The molecule has 2 aliphatic rings. The second-order valence-corrected chi connectivity index (χ2v) is 10.7. The molecule has 0 radical (unpaired) electrons. The van der Waals surface area contributed by atoms with Crippen LogP contribution in [0.4, 0.5) is 19.1 Å². The molecule has 4 aromatic rings. The van der Waals surface area contributed by atoms with Crippen molar-refractivity contribution in [1.29, 1.82) is 0 Å². The van der Waals surface area contributed by atoms with Crippen molar-refractivity contribution < 1.29 is 22.7 Å². The van der Waals surface area contributed by atoms with Gasteiger partial charge in [-0.2, -0.15) is 9.97 Å². The lowest BCUT2D eigenvalue weighted by molar-refractivity contribution is -0.135. The van der Waals surface area contributed by atoms with E-state index in [-0.39, 0.29) is 23.4 Å². The SMILES string of the molecule is COc1nc(N[C@H]2CC[C@@H](C(=O)N3CCCC3)CC2)nc2[nH]cc(-c3cc(F)c4nc(C)n(CC(F)F)c4c3)c12. The van der Waals surface area contributed by atoms with Crippen molar-refractivity contribution in [3.05, 3.63) is 30.0 Å². The molecule has 9 nitrogen and oxygen atoms in total. The number of aromatic nitrogens is 5. The number of nitrogens with one attached hydrogen (secondary N) is 2. The van der Waals surface area contributed by atoms with E-state index in [2.05, 4.69) is 25.3 Å². The van der Waals surface area contributed by atoms with Crippen LogP contribution in [-0.2, 0) is 11.3 Å². The molecule has 1 aliphatic carbocycles. The molecule has 1 aromatic carbocycles. The van der Waals surface area contributed by atoms with Gasteiger partial charge in [0.1, 0.15) is 17.0 Å². The Kier molecular flexibility index (Phi) is 7.01. The summed E-state index contributed by atoms with van der Waals surface area (Å²) < 4.78 is 48.4. The number of likely N-dealkylation sites (tertiary alicyclic amines) is 1. The molecule has 3 aromatic heterocycles. The first kappa shape index (κ1) is 26.4. The highest BCUT2D eigenvalue weighted by Gasteiger charge is 2.31. The largest absolute Gasteiger partial charge is 0.480 e. The topological polar surface area (TPSA) is 101 Å². The first-order valence-electron chi connectivity index (χ1n) is 13.8. The number of anilines is 1. The van der Waals surface area contributed by atoms with Crippen LogP contribution in [0.25, 0.3) is 33.2 Å². The molecule has 0 unspecified atom stereocenters. The monoisotopic (exact) mass is 555 g/mol. The van der Waals surface area contributed by atoms with E-state index in [0.29, 0.717) is 45.3 Å². The minimum absolute atomic E-state index is 0.0493. The fourth-order valence-electron chi connectivity index (χ4n) is 6.12. The maximum atomic E-state index is 15.1. The molecule has 1 saturated carbocycles. The Balaban J connectivity index is 1.25. The number of halogens is 3. The van der Waals surface area contributed by atoms with Gasteiger partial charge in [-0.15, -0.1) is 0 Å². The standard InChI is InChI=1S/C28H32F3N7O2/c1-15-33-24-20(29)11-17(12-21(24)38(15)14-22(30)31)19-13-32-25-23(19)26(40-2)36-28(35-25)34-18-7-5-16(6-8-18)27(39)37-9-3-4-10-37/h11-13,16,18,22H,3-10,14H2,1-2H3,(H2,32,34,35,36)/t16-,18+. The molecule has 12 heteroatoms. The lowest BCUT2D eigenvalue weighted by Crippen LogP contribution is -2.37. The highest BCUT2D eigenvalue weighted by Crippen LogP contribution is 2.37. The number of hydrogen-bond acceptors (Lipinski definition) is 6. The van der Waals surface area contributed by atoms with E-state index in [9.17, 15) is 13.6 Å². The Labute approximate surface area is 229 Å². The van der Waals surface area contributed by atoms with Crippen LogP contribution >= 0.6 is 0 Å². The zero-order valence-corrected chi connectivity index (χ0v) is 22.5. The van der Waals surface area contributed by atoms with Gasteiger partial charge in [0, 0.05) is 36.8 Å². The Hall–Kier alpha value is -3.83. The zero-order valence-electron chi connectivity index (χ0n) is 22.5. The van der Waals surface area contributed by atoms with E-state index in [1.165, 1.54) is 17.7 Å². The summed E-state index contributed by atoms with van der Waals surface area (Å²) in [5.74, 6) is 0.792. The number of fused-ring (bicyclic) bond motifs is 2. The zero-order chi connectivity index (χ0) is 28.0. The number of hydrogen-bond donors (Lipinski definition) is 2. The number of carbonyl (C=O) groups is 1. The molecular formula is C28H32F3N7O2. The Morgan fingerprint density at radius 2 is 1.90 bits per heavy atom. The number of carbonyl (C=O) groups excluding carboxylic acids is 1. The third-order valence-electron chi connectivity index (χ3n) is 8.15. The number of aryl methyl sites for hydroxylation is 1. The third-order valence-corrected chi connectivity index (χ3v) is 8.15. The average Bonchev–Trinajstić information content (AvgIpc) is 3.69. The van der Waals surface area contributed by atoms with Crippen LogP contribution in [0, 0.1) is 18.7 Å². The third kappa shape index (κ3) is 4.84. The summed E-state index contributed by atoms with van der Waals surface area (Å²) in [6, 6.07) is 3.11. The van der Waals surface area contributed by atoms with Gasteiger partial charge in [0.2, 0.25) is 17.7 Å². The Bertz CT molecular complexity index is 1550. The van der Waals surface area contributed by atoms with E-state index in [1.54, 1.807) is 19.2 Å². The van der Waals surface area contributed by atoms with E-state index in [4.69, 9.17) is 4.74 Å². The van der Waals surface area contributed by atoms with Gasteiger partial charge in [0.25, 0.3) is 6.43 Å². The highest BCUT2D eigenvalue weighted by atomic mass is 19.3. The van der Waals surface area contributed by atoms with Crippen molar-refractivity contribution in [2.24, 2.45) is 5.92 Å². The van der Waals surface area contributed by atoms with Crippen LogP contribution in [0.2, 0.25) is 0 Å². The fourth-order valence-corrected chi connectivity index (χ4v) is 6.12.